The van der Waals surface area contributed by atoms with Crippen LogP contribution in [0.1, 0.15) is 0 Å². The fourth-order valence-electron chi connectivity index (χ4n) is 1.55. The maximum atomic E-state index is 10.8. The number of nitrogens with two attached hydrogens (primary N) is 1. The number of urea groups is 1. The van der Waals surface area contributed by atoms with E-state index in [1.165, 1.54) is 0 Å². The van der Waals surface area contributed by atoms with Crippen molar-refractivity contribution in [2.24, 2.45) is 5.73 Å². The number of nitrogens with zero attached hydrogens (tertiary/aromatic N) is 1. The molecule has 2 rings (SSSR count). The Kier molecular flexibility index (Phi) is 2.87. The summed E-state index contributed by atoms with van der Waals surface area (Å²) >= 11 is 0. The van der Waals surface area contributed by atoms with Crippen LogP contribution >= 0.6 is 0 Å². The number of primary amides is 1. The fourth-order valence-corrected chi connectivity index (χ4v) is 1.55. The normalized spacial score (nSPS) is 9.75. The minimum Gasteiger partial charge on any atom is -0.350 e. The molecule has 16 heavy (non-hydrogen) atoms. The molecule has 3 heteroatoms. The molecule has 3 nitrogen and oxygen atoms in total. The number of rotatable bonds is 2. The standard InChI is InChI=1S/C13H11N2O/c14-13(16)15-12-9-5-4-8-11(12)10-6-2-1-3-7-10/h1-9H,(H2,14,16). The van der Waals surface area contributed by atoms with Gasteiger partial charge >= 0.3 is 6.03 Å². The molecule has 2 aromatic rings. The zero-order valence-electron chi connectivity index (χ0n) is 8.63. The van der Waals surface area contributed by atoms with E-state index < -0.39 is 6.03 Å². The third kappa shape index (κ3) is 2.20. The second-order valence-electron chi connectivity index (χ2n) is 3.33. The molecule has 0 aliphatic heterocycles. The Labute approximate surface area is 93.9 Å². The first-order valence-corrected chi connectivity index (χ1v) is 4.93. The van der Waals surface area contributed by atoms with Crippen LogP contribution in [0.4, 0.5) is 10.5 Å². The molecule has 2 N–H and O–H groups in total. The van der Waals surface area contributed by atoms with Gasteiger partial charge in [0.25, 0.3) is 0 Å². The summed E-state index contributed by atoms with van der Waals surface area (Å²) in [6.07, 6.45) is 0. The summed E-state index contributed by atoms with van der Waals surface area (Å²) in [6, 6.07) is 16.5. The number of amides is 2. The Hall–Kier alpha value is -2.29. The molecule has 0 saturated heterocycles. The summed E-state index contributed by atoms with van der Waals surface area (Å²) in [5, 5.41) is 3.77. The molecule has 0 aliphatic rings. The van der Waals surface area contributed by atoms with E-state index >= 15 is 0 Å². The third-order valence-electron chi connectivity index (χ3n) is 2.22. The predicted molar refractivity (Wildman–Crippen MR) is 63.3 cm³/mol. The Morgan fingerprint density at radius 1 is 0.938 bits per heavy atom. The van der Waals surface area contributed by atoms with E-state index in [-0.39, 0.29) is 0 Å². The number of carbonyl (C=O) groups excluding carboxylic acids is 1. The average Bonchev–Trinajstić information content (AvgIpc) is 2.30. The molecular formula is C13H11N2O. The van der Waals surface area contributed by atoms with Crippen molar-refractivity contribution in [1.82, 2.24) is 5.32 Å². The van der Waals surface area contributed by atoms with E-state index in [4.69, 9.17) is 5.73 Å². The molecule has 0 heterocycles. The van der Waals surface area contributed by atoms with Crippen molar-refractivity contribution in [1.29, 1.82) is 0 Å². The van der Waals surface area contributed by atoms with Gasteiger partial charge < -0.3 is 5.73 Å². The molecule has 2 aromatic carbocycles. The lowest BCUT2D eigenvalue weighted by molar-refractivity contribution is 0.252. The Morgan fingerprint density at radius 3 is 2.25 bits per heavy atom. The van der Waals surface area contributed by atoms with Crippen LogP contribution in [0.25, 0.3) is 11.1 Å². The maximum Gasteiger partial charge on any atom is 0.338 e. The number of hydrogen-bond acceptors (Lipinski definition) is 1. The molecule has 2 amide bonds. The number of hydrogen-bond donors (Lipinski definition) is 1. The molecule has 0 atom stereocenters. The summed E-state index contributed by atoms with van der Waals surface area (Å²) in [5.41, 5.74) is 7.59. The highest BCUT2D eigenvalue weighted by molar-refractivity contribution is 5.84. The monoisotopic (exact) mass is 211 g/mol. The van der Waals surface area contributed by atoms with E-state index in [2.05, 4.69) is 5.32 Å². The average molecular weight is 211 g/mol. The molecule has 0 bridgehead atoms. The lowest BCUT2D eigenvalue weighted by Gasteiger charge is -2.07. The van der Waals surface area contributed by atoms with Gasteiger partial charge in [-0.3, -0.25) is 0 Å². The van der Waals surface area contributed by atoms with Gasteiger partial charge in [0.2, 0.25) is 0 Å². The molecule has 0 aliphatic carbocycles. The summed E-state index contributed by atoms with van der Waals surface area (Å²) in [5.74, 6) is 0. The second kappa shape index (κ2) is 4.49. The summed E-state index contributed by atoms with van der Waals surface area (Å²) in [6.45, 7) is 0. The molecule has 1 radical (unpaired) electrons. The van der Waals surface area contributed by atoms with Crippen molar-refractivity contribution in [2.45, 2.75) is 0 Å². The van der Waals surface area contributed by atoms with Gasteiger partial charge in [0, 0.05) is 5.56 Å². The van der Waals surface area contributed by atoms with Crippen LogP contribution in [-0.4, -0.2) is 6.03 Å². The van der Waals surface area contributed by atoms with E-state index in [9.17, 15) is 4.79 Å². The topological polar surface area (TPSA) is 57.2 Å². The van der Waals surface area contributed by atoms with Gasteiger partial charge in [0.1, 0.15) is 0 Å². The van der Waals surface area contributed by atoms with Crippen molar-refractivity contribution in [3.8, 4) is 11.1 Å². The minimum atomic E-state index is -0.677. The highest BCUT2D eigenvalue weighted by Crippen LogP contribution is 2.27. The van der Waals surface area contributed by atoms with Crippen LogP contribution in [0.15, 0.2) is 54.6 Å². The molecule has 79 valence electrons. The molecule has 0 unspecified atom stereocenters. The number of para-hydroxylation sites is 1. The van der Waals surface area contributed by atoms with Gasteiger partial charge in [0.05, 0.1) is 5.69 Å². The van der Waals surface area contributed by atoms with Crippen LogP contribution < -0.4 is 11.1 Å². The van der Waals surface area contributed by atoms with Gasteiger partial charge in [0.15, 0.2) is 0 Å². The minimum absolute atomic E-state index is 0.598. The molecule has 0 fully saturated rings. The Morgan fingerprint density at radius 2 is 1.56 bits per heavy atom. The highest BCUT2D eigenvalue weighted by atomic mass is 16.2. The van der Waals surface area contributed by atoms with Gasteiger partial charge in [-0.2, -0.15) is 5.32 Å². The first kappa shape index (κ1) is 10.2. The van der Waals surface area contributed by atoms with Gasteiger partial charge in [-0.15, -0.1) is 0 Å². The van der Waals surface area contributed by atoms with E-state index in [1.807, 2.05) is 48.5 Å². The second-order valence-corrected chi connectivity index (χ2v) is 3.33. The summed E-state index contributed by atoms with van der Waals surface area (Å²) in [4.78, 5) is 10.8. The van der Waals surface area contributed by atoms with Crippen molar-refractivity contribution in [2.75, 3.05) is 0 Å². The molecule has 0 saturated carbocycles. The quantitative estimate of drug-likeness (QED) is 0.815. The van der Waals surface area contributed by atoms with Crippen molar-refractivity contribution in [3.63, 3.8) is 0 Å². The zero-order valence-corrected chi connectivity index (χ0v) is 8.63. The maximum absolute atomic E-state index is 10.8. The molecule has 0 spiro atoms. The van der Waals surface area contributed by atoms with Crippen molar-refractivity contribution < 1.29 is 4.79 Å². The highest BCUT2D eigenvalue weighted by Gasteiger charge is 2.06. The fraction of sp³-hybridized carbons (Fsp3) is 0. The number of carbonyl (C=O) groups is 1. The first-order valence-electron chi connectivity index (χ1n) is 4.93. The summed E-state index contributed by atoms with van der Waals surface area (Å²) < 4.78 is 0. The van der Waals surface area contributed by atoms with Gasteiger partial charge in [-0.05, 0) is 11.6 Å². The van der Waals surface area contributed by atoms with Crippen molar-refractivity contribution in [3.05, 3.63) is 54.6 Å². The van der Waals surface area contributed by atoms with Gasteiger partial charge in [-0.1, -0.05) is 48.5 Å². The largest absolute Gasteiger partial charge is 0.350 e. The van der Waals surface area contributed by atoms with Crippen LogP contribution in [0, 0.1) is 0 Å². The summed E-state index contributed by atoms with van der Waals surface area (Å²) in [7, 11) is 0. The Balaban J connectivity index is 2.44. The van der Waals surface area contributed by atoms with Crippen LogP contribution in [0.5, 0.6) is 0 Å². The zero-order chi connectivity index (χ0) is 11.4. The van der Waals surface area contributed by atoms with Crippen molar-refractivity contribution >= 4 is 11.7 Å². The predicted octanol–water partition coefficient (Wildman–Crippen LogP) is 2.67. The number of benzene rings is 2. The third-order valence-corrected chi connectivity index (χ3v) is 2.22. The van der Waals surface area contributed by atoms with Crippen LogP contribution in [-0.2, 0) is 0 Å². The van der Waals surface area contributed by atoms with E-state index in [1.54, 1.807) is 6.07 Å². The first-order chi connectivity index (χ1) is 7.77. The van der Waals surface area contributed by atoms with Crippen LogP contribution in [0.3, 0.4) is 0 Å². The Bertz CT molecular complexity index is 494. The molecular weight excluding hydrogens is 200 g/mol. The van der Waals surface area contributed by atoms with Gasteiger partial charge in [-0.25, -0.2) is 4.79 Å². The van der Waals surface area contributed by atoms with E-state index in [0.717, 1.165) is 11.1 Å². The lowest BCUT2D eigenvalue weighted by atomic mass is 10.0. The smallest absolute Gasteiger partial charge is 0.338 e. The van der Waals surface area contributed by atoms with Crippen LogP contribution in [0.2, 0.25) is 0 Å². The lowest BCUT2D eigenvalue weighted by Crippen LogP contribution is -2.18. The molecule has 0 aromatic heterocycles. The SMILES string of the molecule is NC(=O)[N]c1ccccc1-c1ccccc1. The van der Waals surface area contributed by atoms with E-state index in [0.29, 0.717) is 5.69 Å².